The van der Waals surface area contributed by atoms with Gasteiger partial charge in [-0.25, -0.2) is 0 Å². The highest BCUT2D eigenvalue weighted by atomic mass is 35.5. The van der Waals surface area contributed by atoms with Crippen molar-refractivity contribution >= 4 is 30.5 Å². The summed E-state index contributed by atoms with van der Waals surface area (Å²) in [6.45, 7) is 6.97. The SMILES string of the molecule is Cc1ccc(OCC(O)CN2CCN(c3ccccc3)CC2)cc1.Cl.Cl. The molecule has 1 fully saturated rings. The van der Waals surface area contributed by atoms with E-state index in [1.165, 1.54) is 11.3 Å². The number of β-amino-alcohol motifs (C(OH)–C–C–N with tert-alkyl or cyclic N) is 1. The van der Waals surface area contributed by atoms with E-state index < -0.39 is 6.10 Å². The molecule has 26 heavy (non-hydrogen) atoms. The molecule has 1 N–H and O–H groups in total. The molecule has 2 aromatic carbocycles. The molecular weight excluding hydrogens is 371 g/mol. The van der Waals surface area contributed by atoms with E-state index in [9.17, 15) is 5.11 Å². The lowest BCUT2D eigenvalue weighted by molar-refractivity contribution is 0.0663. The highest BCUT2D eigenvalue weighted by molar-refractivity contribution is 5.85. The predicted molar refractivity (Wildman–Crippen MR) is 112 cm³/mol. The second kappa shape index (κ2) is 11.3. The van der Waals surface area contributed by atoms with Crippen molar-refractivity contribution in [1.82, 2.24) is 4.90 Å². The second-order valence-corrected chi connectivity index (χ2v) is 6.40. The van der Waals surface area contributed by atoms with E-state index in [0.29, 0.717) is 13.2 Å². The molecule has 0 aromatic heterocycles. The predicted octanol–water partition coefficient (Wildman–Crippen LogP) is 3.40. The third kappa shape index (κ3) is 6.69. The number of hydrogen-bond donors (Lipinski definition) is 1. The number of ether oxygens (including phenoxy) is 1. The number of piperazine rings is 1. The van der Waals surface area contributed by atoms with Crippen LogP contribution in [0, 0.1) is 6.92 Å². The second-order valence-electron chi connectivity index (χ2n) is 6.40. The summed E-state index contributed by atoms with van der Waals surface area (Å²) in [7, 11) is 0. The summed E-state index contributed by atoms with van der Waals surface area (Å²) in [5, 5.41) is 10.2. The zero-order chi connectivity index (χ0) is 16.8. The van der Waals surface area contributed by atoms with Gasteiger partial charge in [0.25, 0.3) is 0 Å². The molecule has 1 atom stereocenters. The van der Waals surface area contributed by atoms with Gasteiger partial charge < -0.3 is 14.7 Å². The summed E-state index contributed by atoms with van der Waals surface area (Å²) in [6, 6.07) is 18.4. The van der Waals surface area contributed by atoms with Crippen molar-refractivity contribution in [2.24, 2.45) is 0 Å². The van der Waals surface area contributed by atoms with Crippen molar-refractivity contribution < 1.29 is 9.84 Å². The van der Waals surface area contributed by atoms with Crippen molar-refractivity contribution in [1.29, 1.82) is 0 Å². The Morgan fingerprint density at radius 3 is 2.15 bits per heavy atom. The van der Waals surface area contributed by atoms with Crippen LogP contribution in [-0.4, -0.2) is 55.4 Å². The summed E-state index contributed by atoms with van der Waals surface area (Å²) in [4.78, 5) is 4.70. The van der Waals surface area contributed by atoms with Crippen molar-refractivity contribution in [2.45, 2.75) is 13.0 Å². The maximum atomic E-state index is 10.2. The average Bonchev–Trinajstić information content (AvgIpc) is 2.63. The Morgan fingerprint density at radius 1 is 0.923 bits per heavy atom. The van der Waals surface area contributed by atoms with Crippen LogP contribution in [0.15, 0.2) is 54.6 Å². The Balaban J connectivity index is 0.00000169. The maximum absolute atomic E-state index is 10.2. The Hall–Kier alpha value is -1.46. The number of halogens is 2. The van der Waals surface area contributed by atoms with Crippen LogP contribution in [0.1, 0.15) is 5.56 Å². The Bertz CT molecular complexity index is 617. The molecule has 1 aliphatic rings. The summed E-state index contributed by atoms with van der Waals surface area (Å²) >= 11 is 0. The highest BCUT2D eigenvalue weighted by Crippen LogP contribution is 2.16. The molecule has 1 saturated heterocycles. The number of aliphatic hydroxyl groups excluding tert-OH is 1. The van der Waals surface area contributed by atoms with E-state index in [1.54, 1.807) is 0 Å². The van der Waals surface area contributed by atoms with Crippen LogP contribution in [-0.2, 0) is 0 Å². The molecule has 4 nitrogen and oxygen atoms in total. The normalized spacial score (nSPS) is 15.5. The van der Waals surface area contributed by atoms with Gasteiger partial charge in [0.2, 0.25) is 0 Å². The van der Waals surface area contributed by atoms with Gasteiger partial charge in [0.05, 0.1) is 0 Å². The molecule has 0 saturated carbocycles. The van der Waals surface area contributed by atoms with Gasteiger partial charge >= 0.3 is 0 Å². The molecule has 1 heterocycles. The third-order valence-electron chi connectivity index (χ3n) is 4.43. The van der Waals surface area contributed by atoms with Gasteiger partial charge in [-0.2, -0.15) is 0 Å². The van der Waals surface area contributed by atoms with E-state index >= 15 is 0 Å². The van der Waals surface area contributed by atoms with Crippen LogP contribution in [0.5, 0.6) is 5.75 Å². The van der Waals surface area contributed by atoms with Crippen molar-refractivity contribution in [3.8, 4) is 5.75 Å². The number of benzene rings is 2. The van der Waals surface area contributed by atoms with Gasteiger partial charge in [-0.15, -0.1) is 24.8 Å². The van der Waals surface area contributed by atoms with E-state index in [1.807, 2.05) is 37.3 Å². The van der Waals surface area contributed by atoms with Gasteiger partial charge in [0, 0.05) is 38.4 Å². The smallest absolute Gasteiger partial charge is 0.119 e. The standard InChI is InChI=1S/C20H26N2O2.2ClH/c1-17-7-9-20(10-8-17)24-16-19(23)15-21-11-13-22(14-12-21)18-5-3-2-4-6-18;;/h2-10,19,23H,11-16H2,1H3;2*1H. The summed E-state index contributed by atoms with van der Waals surface area (Å²) < 4.78 is 5.67. The lowest BCUT2D eigenvalue weighted by atomic mass is 10.2. The van der Waals surface area contributed by atoms with Crippen LogP contribution in [0.25, 0.3) is 0 Å². The first-order valence-electron chi connectivity index (χ1n) is 8.60. The van der Waals surface area contributed by atoms with Gasteiger partial charge in [0.15, 0.2) is 0 Å². The number of rotatable bonds is 6. The quantitative estimate of drug-likeness (QED) is 0.808. The number of anilines is 1. The van der Waals surface area contributed by atoms with Crippen molar-refractivity contribution in [2.75, 3.05) is 44.2 Å². The molecule has 0 radical (unpaired) electrons. The number of para-hydroxylation sites is 1. The molecule has 6 heteroatoms. The van der Waals surface area contributed by atoms with Gasteiger partial charge in [0.1, 0.15) is 18.5 Å². The lowest BCUT2D eigenvalue weighted by Crippen LogP contribution is -2.49. The number of hydrogen-bond acceptors (Lipinski definition) is 4. The molecular formula is C20H28Cl2N2O2. The third-order valence-corrected chi connectivity index (χ3v) is 4.43. The topological polar surface area (TPSA) is 35.9 Å². The first-order chi connectivity index (χ1) is 11.7. The van der Waals surface area contributed by atoms with E-state index in [0.717, 1.165) is 31.9 Å². The van der Waals surface area contributed by atoms with Gasteiger partial charge in [-0.3, -0.25) is 4.90 Å². The Morgan fingerprint density at radius 2 is 1.54 bits per heavy atom. The molecule has 0 amide bonds. The first kappa shape index (κ1) is 22.6. The van der Waals surface area contributed by atoms with Gasteiger partial charge in [-0.1, -0.05) is 35.9 Å². The van der Waals surface area contributed by atoms with Crippen LogP contribution >= 0.6 is 24.8 Å². The fourth-order valence-electron chi connectivity index (χ4n) is 3.01. The summed E-state index contributed by atoms with van der Waals surface area (Å²) in [5.41, 5.74) is 2.49. The molecule has 1 aliphatic heterocycles. The Labute approximate surface area is 168 Å². The fourth-order valence-corrected chi connectivity index (χ4v) is 3.01. The van der Waals surface area contributed by atoms with Crippen LogP contribution in [0.4, 0.5) is 5.69 Å². The van der Waals surface area contributed by atoms with Crippen molar-refractivity contribution in [3.63, 3.8) is 0 Å². The summed E-state index contributed by atoms with van der Waals surface area (Å²) in [6.07, 6.45) is -0.463. The Kier molecular flexibility index (Phi) is 9.81. The van der Waals surface area contributed by atoms with E-state index in [2.05, 4.69) is 34.1 Å². The minimum Gasteiger partial charge on any atom is -0.491 e. The van der Waals surface area contributed by atoms with Crippen molar-refractivity contribution in [3.05, 3.63) is 60.2 Å². The molecule has 144 valence electrons. The minimum atomic E-state index is -0.463. The molecule has 1 unspecified atom stereocenters. The zero-order valence-corrected chi connectivity index (χ0v) is 16.7. The molecule has 0 aliphatic carbocycles. The van der Waals surface area contributed by atoms with Crippen LogP contribution < -0.4 is 9.64 Å². The van der Waals surface area contributed by atoms with E-state index in [4.69, 9.17) is 4.74 Å². The summed E-state index contributed by atoms with van der Waals surface area (Å²) in [5.74, 6) is 0.813. The fraction of sp³-hybridized carbons (Fsp3) is 0.400. The zero-order valence-electron chi connectivity index (χ0n) is 15.1. The molecule has 2 aromatic rings. The van der Waals surface area contributed by atoms with Gasteiger partial charge in [-0.05, 0) is 31.2 Å². The van der Waals surface area contributed by atoms with Crippen LogP contribution in [0.2, 0.25) is 0 Å². The largest absolute Gasteiger partial charge is 0.491 e. The number of aliphatic hydroxyl groups is 1. The van der Waals surface area contributed by atoms with Crippen LogP contribution in [0.3, 0.4) is 0 Å². The average molecular weight is 399 g/mol. The number of aryl methyl sites for hydroxylation is 1. The number of nitrogens with zero attached hydrogens (tertiary/aromatic N) is 2. The molecule has 0 spiro atoms. The lowest BCUT2D eigenvalue weighted by Gasteiger charge is -2.36. The van der Waals surface area contributed by atoms with E-state index in [-0.39, 0.29) is 24.8 Å². The minimum absolute atomic E-state index is 0. The monoisotopic (exact) mass is 398 g/mol. The highest BCUT2D eigenvalue weighted by Gasteiger charge is 2.19. The molecule has 0 bridgehead atoms. The molecule has 3 rings (SSSR count). The first-order valence-corrected chi connectivity index (χ1v) is 8.60. The maximum Gasteiger partial charge on any atom is 0.119 e.